The molecule has 154 valence electrons. The topological polar surface area (TPSA) is 79.7 Å². The van der Waals surface area contributed by atoms with Crippen molar-refractivity contribution in [1.29, 1.82) is 0 Å². The normalized spacial score (nSPS) is 14.2. The lowest BCUT2D eigenvalue weighted by Crippen LogP contribution is -2.41. The van der Waals surface area contributed by atoms with Crippen LogP contribution < -0.4 is 10.1 Å². The minimum atomic E-state index is 0.458. The molecule has 0 aromatic carbocycles. The summed E-state index contributed by atoms with van der Waals surface area (Å²) in [5.41, 5.74) is 1.15. The van der Waals surface area contributed by atoms with Gasteiger partial charge in [-0.25, -0.2) is 9.29 Å². The summed E-state index contributed by atoms with van der Waals surface area (Å²) in [6.45, 7) is 7.99. The molecule has 1 N–H and O–H groups in total. The van der Waals surface area contributed by atoms with Gasteiger partial charge in [-0.2, -0.15) is 0 Å². The number of carbonyl (C=O) groups excluding carboxylic acids is 2. The van der Waals surface area contributed by atoms with Crippen LogP contribution >= 0.6 is 12.1 Å². The number of aromatic nitrogens is 2. The number of piperazine rings is 1. The van der Waals surface area contributed by atoms with E-state index in [1.54, 1.807) is 32.5 Å². The fourth-order valence-corrected chi connectivity index (χ4v) is 3.27. The van der Waals surface area contributed by atoms with E-state index in [9.17, 15) is 4.79 Å². The predicted octanol–water partition coefficient (Wildman–Crippen LogP) is 1.48. The number of hydrogen-bond donors (Lipinski definition) is 1. The average Bonchev–Trinajstić information content (AvgIpc) is 3.14. The van der Waals surface area contributed by atoms with Gasteiger partial charge in [0.1, 0.15) is 12.6 Å². The van der Waals surface area contributed by atoms with E-state index in [2.05, 4.69) is 49.4 Å². The van der Waals surface area contributed by atoms with Crippen molar-refractivity contribution in [3.63, 3.8) is 0 Å². The number of rotatable bonds is 6. The first-order valence-corrected chi connectivity index (χ1v) is 9.60. The van der Waals surface area contributed by atoms with Gasteiger partial charge in [0.25, 0.3) is 0 Å². The molecule has 0 unspecified atom stereocenters. The highest BCUT2D eigenvalue weighted by molar-refractivity contribution is 7.95. The van der Waals surface area contributed by atoms with Crippen molar-refractivity contribution in [3.05, 3.63) is 37.2 Å². The van der Waals surface area contributed by atoms with Crippen LogP contribution in [0.15, 0.2) is 37.2 Å². The van der Waals surface area contributed by atoms with Gasteiger partial charge in [-0.05, 0) is 32.3 Å². The van der Waals surface area contributed by atoms with Gasteiger partial charge in [0.05, 0.1) is 24.6 Å². The quantitative estimate of drug-likeness (QED) is 0.438. The third kappa shape index (κ3) is 7.81. The van der Waals surface area contributed by atoms with E-state index in [0.29, 0.717) is 18.7 Å². The Morgan fingerprint density at radius 3 is 2.46 bits per heavy atom. The fourth-order valence-electron chi connectivity index (χ4n) is 2.33. The van der Waals surface area contributed by atoms with Crippen molar-refractivity contribution in [2.45, 2.75) is 0 Å². The molecular formula is C19H29N5O3S. The molecule has 0 radical (unpaired) electrons. The van der Waals surface area contributed by atoms with Gasteiger partial charge in [0, 0.05) is 50.7 Å². The molecule has 0 aliphatic carbocycles. The number of likely N-dealkylation sites (N-methyl/N-ethyl adjacent to an activating group) is 2. The number of hydrogen-bond acceptors (Lipinski definition) is 8. The van der Waals surface area contributed by atoms with Gasteiger partial charge in [-0.3, -0.25) is 8.77 Å². The average molecular weight is 408 g/mol. The van der Waals surface area contributed by atoms with Crippen molar-refractivity contribution in [1.82, 2.24) is 23.5 Å². The Hall–Kier alpha value is -2.20. The second-order valence-electron chi connectivity index (χ2n) is 5.80. The molecule has 1 aliphatic heterocycles. The van der Waals surface area contributed by atoms with Crippen LogP contribution in [0.2, 0.25) is 0 Å². The van der Waals surface area contributed by atoms with Crippen LogP contribution in [0.1, 0.15) is 0 Å². The summed E-state index contributed by atoms with van der Waals surface area (Å²) in [5.74, 6) is 0.690. The van der Waals surface area contributed by atoms with Gasteiger partial charge in [-0.1, -0.05) is 6.58 Å². The number of fused-ring (bicyclic) bond motifs is 1. The Labute approximate surface area is 170 Å². The minimum Gasteiger partial charge on any atom is -0.481 e. The highest BCUT2D eigenvalue weighted by Gasteiger charge is 2.16. The van der Waals surface area contributed by atoms with E-state index in [1.165, 1.54) is 6.08 Å². The first-order chi connectivity index (χ1) is 13.6. The highest BCUT2D eigenvalue weighted by Crippen LogP contribution is 2.28. The monoisotopic (exact) mass is 407 g/mol. The number of carbonyl (C=O) groups is 2. The Morgan fingerprint density at radius 2 is 1.96 bits per heavy atom. The van der Waals surface area contributed by atoms with Gasteiger partial charge in [0.15, 0.2) is 0 Å². The van der Waals surface area contributed by atoms with Crippen LogP contribution in [0.5, 0.6) is 5.88 Å². The van der Waals surface area contributed by atoms with E-state index in [-0.39, 0.29) is 0 Å². The van der Waals surface area contributed by atoms with Gasteiger partial charge in [-0.15, -0.1) is 0 Å². The van der Waals surface area contributed by atoms with Crippen molar-refractivity contribution >= 4 is 35.6 Å². The van der Waals surface area contributed by atoms with Crippen LogP contribution in [-0.4, -0.2) is 84.7 Å². The summed E-state index contributed by atoms with van der Waals surface area (Å²) in [6, 6.07) is 4.09. The van der Waals surface area contributed by atoms with Crippen LogP contribution in [0.25, 0.3) is 10.9 Å². The smallest absolute Gasteiger partial charge is 0.222 e. The summed E-state index contributed by atoms with van der Waals surface area (Å²) in [7, 11) is 5.56. The fraction of sp³-hybridized carbons (Fsp3) is 0.421. The van der Waals surface area contributed by atoms with Gasteiger partial charge in [0.2, 0.25) is 5.88 Å². The zero-order valence-corrected chi connectivity index (χ0v) is 17.5. The third-order valence-corrected chi connectivity index (χ3v) is 4.88. The van der Waals surface area contributed by atoms with E-state index in [4.69, 9.17) is 9.53 Å². The first-order valence-electron chi connectivity index (χ1n) is 8.87. The van der Waals surface area contributed by atoms with Gasteiger partial charge < -0.3 is 19.7 Å². The van der Waals surface area contributed by atoms with Crippen molar-refractivity contribution in [2.24, 2.45) is 0 Å². The molecule has 1 aliphatic rings. The van der Waals surface area contributed by atoms with E-state index in [0.717, 1.165) is 43.4 Å². The van der Waals surface area contributed by atoms with Crippen LogP contribution in [0.3, 0.4) is 0 Å². The lowest BCUT2D eigenvalue weighted by atomic mass is 10.3. The first kappa shape index (κ1) is 23.8. The molecule has 0 atom stereocenters. The summed E-state index contributed by atoms with van der Waals surface area (Å²) in [5, 5.41) is 3.71. The summed E-state index contributed by atoms with van der Waals surface area (Å²) in [6.07, 6.45) is 6.53. The van der Waals surface area contributed by atoms with Crippen LogP contribution in [0.4, 0.5) is 0 Å². The van der Waals surface area contributed by atoms with Crippen LogP contribution in [0, 0.1) is 0 Å². The number of allylic oxidation sites excluding steroid dienone is 1. The third-order valence-electron chi connectivity index (χ3n) is 3.79. The molecule has 2 aromatic rings. The van der Waals surface area contributed by atoms with E-state index < -0.39 is 0 Å². The molecule has 0 amide bonds. The molecule has 0 saturated carbocycles. The second kappa shape index (κ2) is 13.9. The molecule has 1 saturated heterocycles. The number of nitrogens with one attached hydrogen (secondary N) is 1. The Bertz CT molecular complexity index is 723. The van der Waals surface area contributed by atoms with Crippen LogP contribution in [-0.2, 0) is 9.59 Å². The molecule has 9 heteroatoms. The Kier molecular flexibility index (Phi) is 11.8. The zero-order chi connectivity index (χ0) is 20.8. The number of pyridine rings is 1. The number of methoxy groups -OCH3 is 1. The van der Waals surface area contributed by atoms with Crippen molar-refractivity contribution in [2.75, 3.05) is 53.9 Å². The number of ether oxygens (including phenoxy) is 1. The molecule has 0 bridgehead atoms. The lowest BCUT2D eigenvalue weighted by molar-refractivity contribution is -0.107. The second-order valence-corrected chi connectivity index (χ2v) is 6.88. The maximum Gasteiger partial charge on any atom is 0.222 e. The predicted molar refractivity (Wildman–Crippen MR) is 115 cm³/mol. The summed E-state index contributed by atoms with van der Waals surface area (Å²) in [4.78, 5) is 25.0. The molecule has 2 aromatic heterocycles. The molecule has 1 fully saturated rings. The Morgan fingerprint density at radius 1 is 1.29 bits per heavy atom. The van der Waals surface area contributed by atoms with E-state index in [1.807, 2.05) is 6.07 Å². The van der Waals surface area contributed by atoms with Crippen molar-refractivity contribution in [3.8, 4) is 5.88 Å². The molecule has 3 heterocycles. The maximum atomic E-state index is 9.34. The van der Waals surface area contributed by atoms with Crippen molar-refractivity contribution < 1.29 is 14.3 Å². The number of aldehydes is 2. The molecule has 8 nitrogen and oxygen atoms in total. The summed E-state index contributed by atoms with van der Waals surface area (Å²) >= 11 is 1.76. The molecule has 3 rings (SSSR count). The maximum absolute atomic E-state index is 9.34. The minimum absolute atomic E-state index is 0.458. The zero-order valence-electron chi connectivity index (χ0n) is 16.7. The molecular weight excluding hydrogens is 378 g/mol. The SMILES string of the molecule is C=CC=O.CNCC=O.COc1nccc2c1ccn2SN1CCN(C)CC1. The highest BCUT2D eigenvalue weighted by atomic mass is 32.2. The largest absolute Gasteiger partial charge is 0.481 e. The van der Waals surface area contributed by atoms with E-state index >= 15 is 0 Å². The molecule has 0 spiro atoms. The van der Waals surface area contributed by atoms with Gasteiger partial charge >= 0.3 is 0 Å². The number of nitrogens with zero attached hydrogens (tertiary/aromatic N) is 4. The Balaban J connectivity index is 0.000000369. The lowest BCUT2D eigenvalue weighted by Gasteiger charge is -2.31. The standard InChI is InChI=1S/C13H18N4OS.C3H7NO.C3H4O/c1-15-7-9-16(10-8-15)19-17-6-4-11-12(17)3-5-14-13(11)18-2;1-4-2-3-5;1-2-3-4/h3-6H,7-10H2,1-2H3;3-4H,2H2,1H3;2-3H,1H2. The molecule has 28 heavy (non-hydrogen) atoms. The summed E-state index contributed by atoms with van der Waals surface area (Å²) < 4.78 is 9.87.